The van der Waals surface area contributed by atoms with Crippen LogP contribution in [0.4, 0.5) is 0 Å². The van der Waals surface area contributed by atoms with Crippen molar-refractivity contribution in [2.75, 3.05) is 13.2 Å². The topological polar surface area (TPSA) is 56.5 Å². The van der Waals surface area contributed by atoms with Gasteiger partial charge in [0.15, 0.2) is 5.76 Å². The fourth-order valence-electron chi connectivity index (χ4n) is 1.55. The third kappa shape index (κ3) is 2.61. The van der Waals surface area contributed by atoms with Crippen molar-refractivity contribution in [2.24, 2.45) is 0 Å². The Balaban J connectivity index is 1.43. The van der Waals surface area contributed by atoms with Gasteiger partial charge < -0.3 is 19.3 Å². The van der Waals surface area contributed by atoms with E-state index in [2.05, 4.69) is 10.5 Å². The lowest BCUT2D eigenvalue weighted by Gasteiger charge is -2.25. The summed E-state index contributed by atoms with van der Waals surface area (Å²) < 4.78 is 15.7. The molecule has 0 radical (unpaired) electrons. The molecule has 1 aromatic heterocycles. The Kier molecular flexibility index (Phi) is 2.90. The molecular formula is C11H16N2O3. The number of hydrogen-bond acceptors (Lipinski definition) is 5. The van der Waals surface area contributed by atoms with Gasteiger partial charge in [-0.05, 0) is 12.8 Å². The summed E-state index contributed by atoms with van der Waals surface area (Å²) in [4.78, 5) is 0. The lowest BCUT2D eigenvalue weighted by Crippen LogP contribution is -2.35. The van der Waals surface area contributed by atoms with Crippen LogP contribution in [0.1, 0.15) is 24.3 Å². The van der Waals surface area contributed by atoms with Crippen LogP contribution in [0.5, 0.6) is 0 Å². The van der Waals surface area contributed by atoms with E-state index in [-0.39, 0.29) is 6.10 Å². The molecule has 2 aliphatic rings. The van der Waals surface area contributed by atoms with Gasteiger partial charge in [-0.2, -0.15) is 0 Å². The summed E-state index contributed by atoms with van der Waals surface area (Å²) in [5.74, 6) is 0.791. The Labute approximate surface area is 94.1 Å². The third-order valence-corrected chi connectivity index (χ3v) is 2.83. The van der Waals surface area contributed by atoms with Crippen molar-refractivity contribution in [3.05, 3.63) is 17.5 Å². The van der Waals surface area contributed by atoms with Crippen LogP contribution < -0.4 is 5.32 Å². The van der Waals surface area contributed by atoms with Gasteiger partial charge in [0.2, 0.25) is 0 Å². The van der Waals surface area contributed by atoms with Crippen molar-refractivity contribution < 1.29 is 14.0 Å². The lowest BCUT2D eigenvalue weighted by molar-refractivity contribution is -0.138. The van der Waals surface area contributed by atoms with Crippen LogP contribution in [-0.2, 0) is 22.6 Å². The van der Waals surface area contributed by atoms with Crippen molar-refractivity contribution in [3.8, 4) is 0 Å². The molecule has 2 fully saturated rings. The quantitative estimate of drug-likeness (QED) is 0.776. The molecule has 5 nitrogen and oxygen atoms in total. The van der Waals surface area contributed by atoms with Crippen LogP contribution in [-0.4, -0.2) is 30.5 Å². The number of nitrogens with one attached hydrogen (secondary N) is 1. The first-order chi connectivity index (χ1) is 7.90. The predicted octanol–water partition coefficient (Wildman–Crippen LogP) is 0.842. The molecule has 1 saturated heterocycles. The van der Waals surface area contributed by atoms with E-state index in [1.54, 1.807) is 0 Å². The average molecular weight is 224 g/mol. The fourth-order valence-corrected chi connectivity index (χ4v) is 1.55. The van der Waals surface area contributed by atoms with Gasteiger partial charge in [-0.3, -0.25) is 0 Å². The second-order valence-corrected chi connectivity index (χ2v) is 4.41. The van der Waals surface area contributed by atoms with E-state index in [0.29, 0.717) is 25.9 Å². The van der Waals surface area contributed by atoms with Gasteiger partial charge in [-0.1, -0.05) is 5.16 Å². The maximum absolute atomic E-state index is 5.54. The van der Waals surface area contributed by atoms with Crippen molar-refractivity contribution in [1.82, 2.24) is 10.5 Å². The summed E-state index contributed by atoms with van der Waals surface area (Å²) in [7, 11) is 0. The average Bonchev–Trinajstić information content (AvgIpc) is 2.94. The van der Waals surface area contributed by atoms with E-state index in [9.17, 15) is 0 Å². The first kappa shape index (κ1) is 10.3. The van der Waals surface area contributed by atoms with Gasteiger partial charge in [0.1, 0.15) is 12.7 Å². The van der Waals surface area contributed by atoms with Crippen LogP contribution in [0.3, 0.4) is 0 Å². The zero-order valence-corrected chi connectivity index (χ0v) is 9.15. The first-order valence-corrected chi connectivity index (χ1v) is 5.77. The van der Waals surface area contributed by atoms with Gasteiger partial charge in [-0.25, -0.2) is 0 Å². The number of rotatable bonds is 6. The van der Waals surface area contributed by atoms with E-state index in [1.807, 2.05) is 6.07 Å². The molecule has 1 N–H and O–H groups in total. The second-order valence-electron chi connectivity index (χ2n) is 4.41. The molecule has 0 unspecified atom stereocenters. The van der Waals surface area contributed by atoms with E-state index in [1.165, 1.54) is 12.8 Å². The zero-order chi connectivity index (χ0) is 10.8. The Morgan fingerprint density at radius 1 is 1.44 bits per heavy atom. The molecule has 2 heterocycles. The highest BCUT2D eigenvalue weighted by Gasteiger charge is 2.21. The Morgan fingerprint density at radius 2 is 2.31 bits per heavy atom. The zero-order valence-electron chi connectivity index (χ0n) is 9.15. The van der Waals surface area contributed by atoms with Crippen molar-refractivity contribution in [2.45, 2.75) is 38.1 Å². The number of ether oxygens (including phenoxy) is 2. The molecule has 0 aromatic carbocycles. The first-order valence-electron chi connectivity index (χ1n) is 5.77. The van der Waals surface area contributed by atoms with Crippen LogP contribution in [0.25, 0.3) is 0 Å². The van der Waals surface area contributed by atoms with Crippen LogP contribution in [0.15, 0.2) is 10.6 Å². The Bertz CT molecular complexity index is 345. The van der Waals surface area contributed by atoms with Crippen molar-refractivity contribution >= 4 is 0 Å². The fraction of sp³-hybridized carbons (Fsp3) is 0.727. The molecule has 1 aromatic rings. The number of aromatic nitrogens is 1. The highest BCUT2D eigenvalue weighted by molar-refractivity contribution is 5.05. The van der Waals surface area contributed by atoms with Gasteiger partial charge in [-0.15, -0.1) is 0 Å². The van der Waals surface area contributed by atoms with E-state index in [4.69, 9.17) is 14.0 Å². The molecule has 0 atom stereocenters. The summed E-state index contributed by atoms with van der Waals surface area (Å²) in [6, 6.07) is 2.65. The maximum Gasteiger partial charge on any atom is 0.162 e. The van der Waals surface area contributed by atoms with Crippen LogP contribution >= 0.6 is 0 Å². The van der Waals surface area contributed by atoms with E-state index < -0.39 is 0 Å². The largest absolute Gasteiger partial charge is 0.376 e. The smallest absolute Gasteiger partial charge is 0.162 e. The molecule has 1 saturated carbocycles. The van der Waals surface area contributed by atoms with Crippen LogP contribution in [0.2, 0.25) is 0 Å². The SMILES string of the molecule is c1c(CNC2CC2)noc1COC1COC1. The number of nitrogens with zero attached hydrogens (tertiary/aromatic N) is 1. The summed E-state index contributed by atoms with van der Waals surface area (Å²) in [5.41, 5.74) is 0.954. The summed E-state index contributed by atoms with van der Waals surface area (Å²) in [5, 5.41) is 7.38. The third-order valence-electron chi connectivity index (χ3n) is 2.83. The molecule has 0 spiro atoms. The molecule has 0 bridgehead atoms. The van der Waals surface area contributed by atoms with Gasteiger partial charge >= 0.3 is 0 Å². The summed E-state index contributed by atoms with van der Waals surface area (Å²) in [6.07, 6.45) is 2.81. The normalized spacial score (nSPS) is 21.0. The van der Waals surface area contributed by atoms with E-state index in [0.717, 1.165) is 18.0 Å². The predicted molar refractivity (Wildman–Crippen MR) is 55.8 cm³/mol. The molecule has 1 aliphatic heterocycles. The Hall–Kier alpha value is -0.910. The molecule has 5 heteroatoms. The summed E-state index contributed by atoms with van der Waals surface area (Å²) >= 11 is 0. The second kappa shape index (κ2) is 4.53. The number of hydrogen-bond donors (Lipinski definition) is 1. The van der Waals surface area contributed by atoms with E-state index >= 15 is 0 Å². The minimum Gasteiger partial charge on any atom is -0.376 e. The van der Waals surface area contributed by atoms with Crippen LogP contribution in [0, 0.1) is 0 Å². The highest BCUT2D eigenvalue weighted by Crippen LogP contribution is 2.19. The summed E-state index contributed by atoms with van der Waals surface area (Å²) in [6.45, 7) is 2.68. The lowest BCUT2D eigenvalue weighted by atomic mass is 10.3. The highest BCUT2D eigenvalue weighted by atomic mass is 16.6. The maximum atomic E-state index is 5.54. The standard InChI is InChI=1S/C11H16N2O3/c1-2-8(1)12-4-9-3-10(16-13-9)7-15-11-5-14-6-11/h3,8,11-12H,1-2,4-7H2. The van der Waals surface area contributed by atoms with Gasteiger partial charge in [0.25, 0.3) is 0 Å². The monoisotopic (exact) mass is 224 g/mol. The van der Waals surface area contributed by atoms with Gasteiger partial charge in [0.05, 0.1) is 18.9 Å². The minimum absolute atomic E-state index is 0.234. The molecule has 16 heavy (non-hydrogen) atoms. The molecule has 1 aliphatic carbocycles. The van der Waals surface area contributed by atoms with Crippen molar-refractivity contribution in [3.63, 3.8) is 0 Å². The molecule has 0 amide bonds. The minimum atomic E-state index is 0.234. The molecule has 88 valence electrons. The molecule has 3 rings (SSSR count). The Morgan fingerprint density at radius 3 is 3.00 bits per heavy atom. The van der Waals surface area contributed by atoms with Crippen molar-refractivity contribution in [1.29, 1.82) is 0 Å². The molecular weight excluding hydrogens is 208 g/mol. The van der Waals surface area contributed by atoms with Gasteiger partial charge in [0, 0.05) is 18.7 Å².